The van der Waals surface area contributed by atoms with Crippen molar-refractivity contribution in [2.75, 3.05) is 20.3 Å². The van der Waals surface area contributed by atoms with E-state index in [2.05, 4.69) is 0 Å². The first-order valence-corrected chi connectivity index (χ1v) is 4.92. The maximum atomic E-state index is 5.20. The van der Waals surface area contributed by atoms with Crippen molar-refractivity contribution in [1.29, 1.82) is 0 Å². The number of hydrogen-bond donors (Lipinski definition) is 0. The fourth-order valence-corrected chi connectivity index (χ4v) is 1.15. The van der Waals surface area contributed by atoms with Crippen LogP contribution in [-0.4, -0.2) is 20.3 Å². The summed E-state index contributed by atoms with van der Waals surface area (Å²) < 4.78 is 5.20. The molecular weight excluding hydrogens is 192 g/mol. The first kappa shape index (κ1) is 11.8. The van der Waals surface area contributed by atoms with E-state index in [4.69, 9.17) is 14.5 Å². The smallest absolute Gasteiger partial charge is 0.126 e. The third-order valence-electron chi connectivity index (χ3n) is 1.80. The van der Waals surface area contributed by atoms with Crippen LogP contribution in [0.25, 0.3) is 6.08 Å². The van der Waals surface area contributed by atoms with E-state index in [0.717, 1.165) is 11.3 Å². The summed E-state index contributed by atoms with van der Waals surface area (Å²) in [6, 6.07) is 7.80. The van der Waals surface area contributed by atoms with Gasteiger partial charge in [0.25, 0.3) is 0 Å². The average Bonchev–Trinajstić information content (AvgIpc) is 2.29. The van der Waals surface area contributed by atoms with Crippen molar-refractivity contribution < 1.29 is 14.5 Å². The Hall–Kier alpha value is -1.32. The second kappa shape index (κ2) is 7.04. The van der Waals surface area contributed by atoms with E-state index in [0.29, 0.717) is 13.2 Å². The summed E-state index contributed by atoms with van der Waals surface area (Å²) in [5.41, 5.74) is 1.03. The normalized spacial score (nSPS) is 10.8. The summed E-state index contributed by atoms with van der Waals surface area (Å²) in [4.78, 5) is 9.60. The SMILES string of the molecule is CCOOC/C=C\c1ccccc1OC. The van der Waals surface area contributed by atoms with Gasteiger partial charge in [0, 0.05) is 5.56 Å². The van der Waals surface area contributed by atoms with Gasteiger partial charge >= 0.3 is 0 Å². The van der Waals surface area contributed by atoms with Crippen LogP contribution in [-0.2, 0) is 9.78 Å². The van der Waals surface area contributed by atoms with Crippen LogP contribution in [0.15, 0.2) is 30.3 Å². The van der Waals surface area contributed by atoms with Crippen LogP contribution in [0.5, 0.6) is 5.75 Å². The predicted octanol–water partition coefficient (Wildman–Crippen LogP) is 2.68. The van der Waals surface area contributed by atoms with E-state index in [9.17, 15) is 0 Å². The third-order valence-corrected chi connectivity index (χ3v) is 1.80. The monoisotopic (exact) mass is 208 g/mol. The molecule has 0 N–H and O–H groups in total. The highest BCUT2D eigenvalue weighted by molar-refractivity contribution is 5.57. The van der Waals surface area contributed by atoms with Crippen LogP contribution in [0.1, 0.15) is 12.5 Å². The number of benzene rings is 1. The van der Waals surface area contributed by atoms with Crippen LogP contribution in [0.3, 0.4) is 0 Å². The minimum atomic E-state index is 0.436. The van der Waals surface area contributed by atoms with Gasteiger partial charge < -0.3 is 4.74 Å². The summed E-state index contributed by atoms with van der Waals surface area (Å²) in [5.74, 6) is 0.852. The zero-order valence-corrected chi connectivity index (χ0v) is 9.10. The molecule has 1 aromatic rings. The molecule has 0 spiro atoms. The van der Waals surface area contributed by atoms with Crippen LogP contribution in [0, 0.1) is 0 Å². The number of para-hydroxylation sites is 1. The van der Waals surface area contributed by atoms with Gasteiger partial charge in [0.15, 0.2) is 0 Å². The molecule has 0 aliphatic carbocycles. The molecule has 0 aromatic heterocycles. The molecule has 0 saturated heterocycles. The predicted molar refractivity (Wildman–Crippen MR) is 59.6 cm³/mol. The molecule has 1 aromatic carbocycles. The molecule has 3 nitrogen and oxygen atoms in total. The lowest BCUT2D eigenvalue weighted by Gasteiger charge is -2.03. The lowest BCUT2D eigenvalue weighted by molar-refractivity contribution is -0.282. The molecule has 0 fully saturated rings. The quantitative estimate of drug-likeness (QED) is 0.408. The number of ether oxygens (including phenoxy) is 1. The molecular formula is C12H16O3. The van der Waals surface area contributed by atoms with Crippen LogP contribution in [0.2, 0.25) is 0 Å². The molecule has 0 amide bonds. The molecule has 82 valence electrons. The molecule has 0 radical (unpaired) electrons. The van der Waals surface area contributed by atoms with Gasteiger partial charge in [0.1, 0.15) is 12.4 Å². The Kier molecular flexibility index (Phi) is 5.51. The average molecular weight is 208 g/mol. The Labute approximate surface area is 90.2 Å². The lowest BCUT2D eigenvalue weighted by atomic mass is 10.2. The van der Waals surface area contributed by atoms with Gasteiger partial charge in [0.2, 0.25) is 0 Å². The standard InChI is InChI=1S/C12H16O3/c1-3-14-15-10-6-8-11-7-4-5-9-12(11)13-2/h4-9H,3,10H2,1-2H3/b8-6-. The minimum Gasteiger partial charge on any atom is -0.496 e. The summed E-state index contributed by atoms with van der Waals surface area (Å²) in [6.45, 7) is 2.87. The molecule has 0 saturated carbocycles. The third kappa shape index (κ3) is 4.14. The van der Waals surface area contributed by atoms with Crippen molar-refractivity contribution >= 4 is 6.08 Å². The van der Waals surface area contributed by atoms with Crippen LogP contribution in [0.4, 0.5) is 0 Å². The van der Waals surface area contributed by atoms with E-state index >= 15 is 0 Å². The second-order valence-corrected chi connectivity index (χ2v) is 2.84. The van der Waals surface area contributed by atoms with Crippen molar-refractivity contribution in [2.24, 2.45) is 0 Å². The summed E-state index contributed by atoms with van der Waals surface area (Å²) in [5, 5.41) is 0. The molecule has 0 aliphatic rings. The maximum absolute atomic E-state index is 5.20. The molecule has 0 heterocycles. The number of hydrogen-bond acceptors (Lipinski definition) is 3. The fourth-order valence-electron chi connectivity index (χ4n) is 1.15. The molecule has 15 heavy (non-hydrogen) atoms. The number of rotatable bonds is 6. The van der Waals surface area contributed by atoms with Crippen molar-refractivity contribution in [2.45, 2.75) is 6.92 Å². The van der Waals surface area contributed by atoms with Gasteiger partial charge in [0.05, 0.1) is 13.7 Å². The van der Waals surface area contributed by atoms with E-state index in [1.54, 1.807) is 7.11 Å². The summed E-state index contributed by atoms with van der Waals surface area (Å²) >= 11 is 0. The van der Waals surface area contributed by atoms with Gasteiger partial charge in [-0.05, 0) is 13.0 Å². The van der Waals surface area contributed by atoms with Gasteiger partial charge in [-0.25, -0.2) is 9.78 Å². The van der Waals surface area contributed by atoms with E-state index in [1.165, 1.54) is 0 Å². The fraction of sp³-hybridized carbons (Fsp3) is 0.333. The highest BCUT2D eigenvalue weighted by Gasteiger charge is 1.95. The Bertz CT molecular complexity index is 307. The second-order valence-electron chi connectivity index (χ2n) is 2.84. The molecule has 0 bridgehead atoms. The van der Waals surface area contributed by atoms with Crippen molar-refractivity contribution in [3.63, 3.8) is 0 Å². The first-order valence-electron chi connectivity index (χ1n) is 4.92. The van der Waals surface area contributed by atoms with Gasteiger partial charge in [-0.3, -0.25) is 0 Å². The maximum Gasteiger partial charge on any atom is 0.126 e. The highest BCUT2D eigenvalue weighted by atomic mass is 17.2. The Morgan fingerprint density at radius 1 is 1.20 bits per heavy atom. The zero-order chi connectivity index (χ0) is 10.9. The summed E-state index contributed by atoms with van der Waals surface area (Å²) in [7, 11) is 1.66. The highest BCUT2D eigenvalue weighted by Crippen LogP contribution is 2.18. The minimum absolute atomic E-state index is 0.436. The van der Waals surface area contributed by atoms with Gasteiger partial charge in [-0.1, -0.05) is 30.4 Å². The van der Waals surface area contributed by atoms with E-state index < -0.39 is 0 Å². The topological polar surface area (TPSA) is 27.7 Å². The number of methoxy groups -OCH3 is 1. The zero-order valence-electron chi connectivity index (χ0n) is 9.10. The van der Waals surface area contributed by atoms with Crippen LogP contribution >= 0.6 is 0 Å². The van der Waals surface area contributed by atoms with Crippen molar-refractivity contribution in [1.82, 2.24) is 0 Å². The van der Waals surface area contributed by atoms with Crippen molar-refractivity contribution in [3.05, 3.63) is 35.9 Å². The molecule has 0 aliphatic heterocycles. The Morgan fingerprint density at radius 3 is 2.73 bits per heavy atom. The lowest BCUT2D eigenvalue weighted by Crippen LogP contribution is -1.92. The molecule has 3 heteroatoms. The van der Waals surface area contributed by atoms with Gasteiger partial charge in [-0.15, -0.1) is 0 Å². The molecule has 1 rings (SSSR count). The van der Waals surface area contributed by atoms with E-state index in [1.807, 2.05) is 43.3 Å². The molecule has 0 atom stereocenters. The summed E-state index contributed by atoms with van der Waals surface area (Å²) in [6.07, 6.45) is 3.82. The first-order chi connectivity index (χ1) is 7.38. The molecule has 0 unspecified atom stereocenters. The Morgan fingerprint density at radius 2 is 2.00 bits per heavy atom. The van der Waals surface area contributed by atoms with E-state index in [-0.39, 0.29) is 0 Å². The van der Waals surface area contributed by atoms with Gasteiger partial charge in [-0.2, -0.15) is 0 Å². The Balaban J connectivity index is 2.48. The van der Waals surface area contributed by atoms with Crippen molar-refractivity contribution in [3.8, 4) is 5.75 Å². The largest absolute Gasteiger partial charge is 0.496 e. The van der Waals surface area contributed by atoms with Crippen LogP contribution < -0.4 is 4.74 Å².